The Hall–Kier alpha value is -0.880. The molecule has 0 unspecified atom stereocenters. The molecule has 1 saturated carbocycles. The SMILES string of the molecule is Cc1noc(C)c1C[C@H](C)NS(=O)(=O)C1(C(C)C)CC1. The Morgan fingerprint density at radius 1 is 1.30 bits per heavy atom. The third kappa shape index (κ3) is 2.63. The van der Waals surface area contributed by atoms with E-state index in [1.165, 1.54) is 0 Å². The van der Waals surface area contributed by atoms with Crippen molar-refractivity contribution >= 4 is 10.0 Å². The zero-order valence-corrected chi connectivity index (χ0v) is 13.7. The molecule has 5 nitrogen and oxygen atoms in total. The maximum Gasteiger partial charge on any atom is 0.217 e. The molecule has 20 heavy (non-hydrogen) atoms. The van der Waals surface area contributed by atoms with Gasteiger partial charge in [0, 0.05) is 11.6 Å². The van der Waals surface area contributed by atoms with E-state index in [1.807, 2.05) is 34.6 Å². The second-order valence-electron chi connectivity index (χ2n) is 6.25. The van der Waals surface area contributed by atoms with Crippen molar-refractivity contribution in [3.05, 3.63) is 17.0 Å². The summed E-state index contributed by atoms with van der Waals surface area (Å²) in [6.07, 6.45) is 2.13. The van der Waals surface area contributed by atoms with Crippen molar-refractivity contribution in [1.29, 1.82) is 0 Å². The van der Waals surface area contributed by atoms with Crippen molar-refractivity contribution in [3.63, 3.8) is 0 Å². The van der Waals surface area contributed by atoms with Gasteiger partial charge in [0.25, 0.3) is 0 Å². The molecule has 1 aliphatic rings. The van der Waals surface area contributed by atoms with Crippen LogP contribution in [0.15, 0.2) is 4.52 Å². The van der Waals surface area contributed by atoms with Crippen LogP contribution in [0.5, 0.6) is 0 Å². The van der Waals surface area contributed by atoms with Gasteiger partial charge in [0.15, 0.2) is 0 Å². The first-order valence-electron chi connectivity index (χ1n) is 7.13. The highest BCUT2D eigenvalue weighted by atomic mass is 32.2. The van der Waals surface area contributed by atoms with E-state index in [0.29, 0.717) is 6.42 Å². The quantitative estimate of drug-likeness (QED) is 0.875. The second kappa shape index (κ2) is 5.15. The van der Waals surface area contributed by atoms with Gasteiger partial charge in [-0.1, -0.05) is 19.0 Å². The van der Waals surface area contributed by atoms with Gasteiger partial charge in [-0.2, -0.15) is 0 Å². The Morgan fingerprint density at radius 2 is 1.90 bits per heavy atom. The number of hydrogen-bond acceptors (Lipinski definition) is 4. The normalized spacial score (nSPS) is 19.3. The fourth-order valence-corrected chi connectivity index (χ4v) is 4.91. The molecular formula is C14H24N2O3S. The van der Waals surface area contributed by atoms with Crippen LogP contribution in [0, 0.1) is 19.8 Å². The summed E-state index contributed by atoms with van der Waals surface area (Å²) < 4.78 is 32.4. The van der Waals surface area contributed by atoms with Crippen molar-refractivity contribution in [2.24, 2.45) is 5.92 Å². The average Bonchev–Trinajstić information content (AvgIpc) is 3.08. The van der Waals surface area contributed by atoms with Gasteiger partial charge in [0.2, 0.25) is 10.0 Å². The van der Waals surface area contributed by atoms with E-state index in [-0.39, 0.29) is 12.0 Å². The van der Waals surface area contributed by atoms with E-state index < -0.39 is 14.8 Å². The predicted octanol–water partition coefficient (Wildman–Crippen LogP) is 2.33. The Morgan fingerprint density at radius 3 is 2.30 bits per heavy atom. The summed E-state index contributed by atoms with van der Waals surface area (Å²) in [5, 5.41) is 3.90. The molecule has 1 fully saturated rings. The highest BCUT2D eigenvalue weighted by Crippen LogP contribution is 2.49. The summed E-state index contributed by atoms with van der Waals surface area (Å²) in [4.78, 5) is 0. The van der Waals surface area contributed by atoms with Crippen LogP contribution in [0.3, 0.4) is 0 Å². The Kier molecular flexibility index (Phi) is 3.99. The standard InChI is InChI=1S/C14H24N2O3S/c1-9(2)14(6-7-14)20(17,18)16-10(3)8-13-11(4)15-19-12(13)5/h9-10,16H,6-8H2,1-5H3/t10-/m0/s1. The van der Waals surface area contributed by atoms with Crippen molar-refractivity contribution in [3.8, 4) is 0 Å². The molecule has 0 saturated heterocycles. The zero-order chi connectivity index (χ0) is 15.1. The van der Waals surface area contributed by atoms with Crippen molar-refractivity contribution in [2.75, 3.05) is 0 Å². The van der Waals surface area contributed by atoms with Crippen LogP contribution in [0.25, 0.3) is 0 Å². The van der Waals surface area contributed by atoms with E-state index in [4.69, 9.17) is 4.52 Å². The topological polar surface area (TPSA) is 72.2 Å². The predicted molar refractivity (Wildman–Crippen MR) is 78.0 cm³/mol. The van der Waals surface area contributed by atoms with E-state index >= 15 is 0 Å². The average molecular weight is 300 g/mol. The Balaban J connectivity index is 2.07. The van der Waals surface area contributed by atoms with Crippen LogP contribution in [0.4, 0.5) is 0 Å². The molecule has 1 aliphatic carbocycles. The van der Waals surface area contributed by atoms with Crippen LogP contribution in [0.2, 0.25) is 0 Å². The smallest absolute Gasteiger partial charge is 0.217 e. The third-order valence-electron chi connectivity index (χ3n) is 4.38. The van der Waals surface area contributed by atoms with Gasteiger partial charge in [0.05, 0.1) is 10.4 Å². The van der Waals surface area contributed by atoms with Crippen molar-refractivity contribution in [1.82, 2.24) is 9.88 Å². The molecule has 0 spiro atoms. The van der Waals surface area contributed by atoms with Gasteiger partial charge in [-0.15, -0.1) is 0 Å². The van der Waals surface area contributed by atoms with Crippen LogP contribution in [-0.2, 0) is 16.4 Å². The minimum Gasteiger partial charge on any atom is -0.361 e. The summed E-state index contributed by atoms with van der Waals surface area (Å²) in [5.74, 6) is 0.907. The number of aromatic nitrogens is 1. The fraction of sp³-hybridized carbons (Fsp3) is 0.786. The zero-order valence-electron chi connectivity index (χ0n) is 12.9. The lowest BCUT2D eigenvalue weighted by molar-refractivity contribution is 0.391. The summed E-state index contributed by atoms with van der Waals surface area (Å²) >= 11 is 0. The van der Waals surface area contributed by atoms with Gasteiger partial charge < -0.3 is 4.52 Å². The van der Waals surface area contributed by atoms with E-state index in [9.17, 15) is 8.42 Å². The van der Waals surface area contributed by atoms with Crippen LogP contribution in [-0.4, -0.2) is 24.4 Å². The first-order chi connectivity index (χ1) is 9.19. The van der Waals surface area contributed by atoms with E-state index in [0.717, 1.165) is 29.9 Å². The Labute approximate surface area is 121 Å². The second-order valence-corrected chi connectivity index (χ2v) is 8.30. The minimum absolute atomic E-state index is 0.145. The van der Waals surface area contributed by atoms with Gasteiger partial charge >= 0.3 is 0 Å². The molecule has 0 radical (unpaired) electrons. The van der Waals surface area contributed by atoms with Crippen molar-refractivity contribution < 1.29 is 12.9 Å². The number of hydrogen-bond donors (Lipinski definition) is 1. The van der Waals surface area contributed by atoms with Crippen LogP contribution >= 0.6 is 0 Å². The molecule has 0 amide bonds. The van der Waals surface area contributed by atoms with Crippen LogP contribution < -0.4 is 4.72 Å². The number of sulfonamides is 1. The lowest BCUT2D eigenvalue weighted by Crippen LogP contribution is -2.44. The maximum atomic E-state index is 12.5. The monoisotopic (exact) mass is 300 g/mol. The fourth-order valence-electron chi connectivity index (χ4n) is 2.80. The van der Waals surface area contributed by atoms with Crippen molar-refractivity contribution in [2.45, 2.75) is 64.7 Å². The first-order valence-corrected chi connectivity index (χ1v) is 8.61. The maximum absolute atomic E-state index is 12.5. The lowest BCUT2D eigenvalue weighted by Gasteiger charge is -2.23. The molecule has 1 aromatic heterocycles. The Bertz CT molecular complexity index is 566. The molecule has 1 N–H and O–H groups in total. The molecule has 6 heteroatoms. The highest BCUT2D eigenvalue weighted by molar-refractivity contribution is 7.91. The molecule has 0 aromatic carbocycles. The van der Waals surface area contributed by atoms with Crippen LogP contribution in [0.1, 0.15) is 50.6 Å². The molecule has 1 heterocycles. The van der Waals surface area contributed by atoms with Gasteiger partial charge in [0.1, 0.15) is 5.76 Å². The number of nitrogens with one attached hydrogen (secondary N) is 1. The molecule has 1 aromatic rings. The summed E-state index contributed by atoms with van der Waals surface area (Å²) in [6, 6.07) is -0.159. The summed E-state index contributed by atoms with van der Waals surface area (Å²) in [7, 11) is -3.28. The molecule has 2 rings (SSSR count). The number of rotatable bonds is 6. The number of aryl methyl sites for hydroxylation is 2. The van der Waals surface area contributed by atoms with Gasteiger partial charge in [-0.25, -0.2) is 13.1 Å². The minimum atomic E-state index is -3.28. The molecule has 0 bridgehead atoms. The highest BCUT2D eigenvalue weighted by Gasteiger charge is 2.56. The lowest BCUT2D eigenvalue weighted by atomic mass is 10.1. The van der Waals surface area contributed by atoms with E-state index in [1.54, 1.807) is 0 Å². The third-order valence-corrected chi connectivity index (χ3v) is 7.04. The first kappa shape index (κ1) is 15.5. The number of nitrogens with zero attached hydrogens (tertiary/aromatic N) is 1. The van der Waals surface area contributed by atoms with Gasteiger partial charge in [-0.05, 0) is 46.0 Å². The molecular weight excluding hydrogens is 276 g/mol. The van der Waals surface area contributed by atoms with E-state index in [2.05, 4.69) is 9.88 Å². The summed E-state index contributed by atoms with van der Waals surface area (Å²) in [6.45, 7) is 9.58. The molecule has 114 valence electrons. The van der Waals surface area contributed by atoms with Gasteiger partial charge in [-0.3, -0.25) is 0 Å². The molecule has 1 atom stereocenters. The summed E-state index contributed by atoms with van der Waals surface area (Å²) in [5.41, 5.74) is 1.83. The molecule has 0 aliphatic heterocycles. The largest absolute Gasteiger partial charge is 0.361 e.